The molecule has 2 aromatic carbocycles. The van der Waals surface area contributed by atoms with Gasteiger partial charge in [0.25, 0.3) is 5.56 Å². The molecule has 3 rings (SSSR count). The molecule has 0 aliphatic heterocycles. The number of oxime groups is 1. The van der Waals surface area contributed by atoms with Gasteiger partial charge in [-0.2, -0.15) is 0 Å². The van der Waals surface area contributed by atoms with Crippen molar-refractivity contribution in [2.24, 2.45) is 5.16 Å². The van der Waals surface area contributed by atoms with Gasteiger partial charge in [0.2, 0.25) is 0 Å². The first kappa shape index (κ1) is 17.5. The van der Waals surface area contributed by atoms with Gasteiger partial charge in [0.1, 0.15) is 17.3 Å². The van der Waals surface area contributed by atoms with E-state index in [0.717, 1.165) is 17.2 Å². The maximum atomic E-state index is 14.1. The van der Waals surface area contributed by atoms with Crippen LogP contribution in [0, 0.1) is 25.5 Å². The zero-order valence-corrected chi connectivity index (χ0v) is 14.2. The lowest BCUT2D eigenvalue weighted by Crippen LogP contribution is -2.21. The Bertz CT molecular complexity index is 1050. The quantitative estimate of drug-likeness (QED) is 0.440. The fourth-order valence-corrected chi connectivity index (χ4v) is 2.94. The molecule has 6 heteroatoms. The number of pyridine rings is 1. The first-order valence-electron chi connectivity index (χ1n) is 7.89. The number of halogens is 2. The second-order valence-electron chi connectivity index (χ2n) is 5.94. The van der Waals surface area contributed by atoms with E-state index in [1.807, 2.05) is 32.0 Å². The molecule has 0 bridgehead atoms. The number of benzene rings is 2. The van der Waals surface area contributed by atoms with Gasteiger partial charge in [-0.1, -0.05) is 23.4 Å². The van der Waals surface area contributed by atoms with Crippen LogP contribution in [-0.2, 0) is 0 Å². The Morgan fingerprint density at radius 2 is 1.73 bits per heavy atom. The standard InChI is InChI=1S/C20H16F2N2O2/c1-12-4-3-5-13(2)20(12)24-11-14(6-9-18(24)25)19(23-26)16-8-7-15(21)10-17(16)22/h3-11,26H,1-2H3/b23-19+. The molecular formula is C20H16F2N2O2. The molecule has 26 heavy (non-hydrogen) atoms. The Morgan fingerprint density at radius 1 is 1.04 bits per heavy atom. The predicted molar refractivity (Wildman–Crippen MR) is 95.3 cm³/mol. The molecule has 0 unspecified atom stereocenters. The molecule has 0 radical (unpaired) electrons. The fraction of sp³-hybridized carbons (Fsp3) is 0.100. The Balaban J connectivity index is 2.20. The molecule has 4 nitrogen and oxygen atoms in total. The summed E-state index contributed by atoms with van der Waals surface area (Å²) in [5.74, 6) is -1.59. The average molecular weight is 354 g/mol. The van der Waals surface area contributed by atoms with Crippen LogP contribution in [0.2, 0.25) is 0 Å². The summed E-state index contributed by atoms with van der Waals surface area (Å²) in [5.41, 5.74) is 2.36. The van der Waals surface area contributed by atoms with E-state index in [4.69, 9.17) is 0 Å². The predicted octanol–water partition coefficient (Wildman–Crippen LogP) is 3.96. The molecule has 0 fully saturated rings. The van der Waals surface area contributed by atoms with Gasteiger partial charge < -0.3 is 5.21 Å². The smallest absolute Gasteiger partial charge is 0.255 e. The maximum Gasteiger partial charge on any atom is 0.255 e. The van der Waals surface area contributed by atoms with Crippen LogP contribution in [0.1, 0.15) is 22.3 Å². The van der Waals surface area contributed by atoms with E-state index >= 15 is 0 Å². The van der Waals surface area contributed by atoms with E-state index in [-0.39, 0.29) is 16.8 Å². The van der Waals surface area contributed by atoms with E-state index in [0.29, 0.717) is 17.3 Å². The zero-order valence-electron chi connectivity index (χ0n) is 14.2. The van der Waals surface area contributed by atoms with Crippen LogP contribution >= 0.6 is 0 Å². The second-order valence-corrected chi connectivity index (χ2v) is 5.94. The first-order chi connectivity index (χ1) is 12.4. The Labute approximate surface area is 148 Å². The van der Waals surface area contributed by atoms with Crippen molar-refractivity contribution in [3.05, 3.63) is 99.0 Å². The van der Waals surface area contributed by atoms with Gasteiger partial charge in [0.15, 0.2) is 0 Å². The molecule has 0 amide bonds. The molecule has 1 aromatic heterocycles. The summed E-state index contributed by atoms with van der Waals surface area (Å²) in [7, 11) is 0. The molecule has 1 heterocycles. The number of hydrogen-bond donors (Lipinski definition) is 1. The van der Waals surface area contributed by atoms with Crippen molar-refractivity contribution in [1.29, 1.82) is 0 Å². The van der Waals surface area contributed by atoms with Gasteiger partial charge in [-0.15, -0.1) is 0 Å². The third-order valence-corrected chi connectivity index (χ3v) is 4.15. The van der Waals surface area contributed by atoms with E-state index in [2.05, 4.69) is 5.16 Å². The van der Waals surface area contributed by atoms with Crippen molar-refractivity contribution in [2.75, 3.05) is 0 Å². The lowest BCUT2D eigenvalue weighted by molar-refractivity contribution is 0.319. The fourth-order valence-electron chi connectivity index (χ4n) is 2.94. The molecule has 0 aliphatic rings. The highest BCUT2D eigenvalue weighted by Gasteiger charge is 2.16. The SMILES string of the molecule is Cc1cccc(C)c1-n1cc(/C(=N\O)c2ccc(F)cc2F)ccc1=O. The topological polar surface area (TPSA) is 54.6 Å². The van der Waals surface area contributed by atoms with Gasteiger partial charge in [-0.05, 0) is 43.2 Å². The van der Waals surface area contributed by atoms with Gasteiger partial charge in [0, 0.05) is 29.5 Å². The van der Waals surface area contributed by atoms with Crippen LogP contribution in [0.4, 0.5) is 8.78 Å². The van der Waals surface area contributed by atoms with Crippen molar-refractivity contribution >= 4 is 5.71 Å². The number of aryl methyl sites for hydroxylation is 2. The van der Waals surface area contributed by atoms with Gasteiger partial charge >= 0.3 is 0 Å². The highest BCUT2D eigenvalue weighted by atomic mass is 19.1. The van der Waals surface area contributed by atoms with Crippen molar-refractivity contribution < 1.29 is 14.0 Å². The summed E-state index contributed by atoms with van der Waals surface area (Å²) in [5, 5.41) is 12.6. The Hall–Kier alpha value is -3.28. The van der Waals surface area contributed by atoms with Gasteiger partial charge in [-0.25, -0.2) is 8.78 Å². The number of rotatable bonds is 3. The third-order valence-electron chi connectivity index (χ3n) is 4.15. The highest BCUT2D eigenvalue weighted by Crippen LogP contribution is 2.20. The van der Waals surface area contributed by atoms with Crippen LogP contribution in [-0.4, -0.2) is 15.5 Å². The molecular weight excluding hydrogens is 338 g/mol. The third kappa shape index (κ3) is 3.13. The summed E-state index contributed by atoms with van der Waals surface area (Å²) in [6, 6.07) is 11.4. The normalized spacial score (nSPS) is 11.6. The van der Waals surface area contributed by atoms with Crippen LogP contribution in [0.5, 0.6) is 0 Å². The summed E-state index contributed by atoms with van der Waals surface area (Å²) in [4.78, 5) is 12.4. The molecule has 3 aromatic rings. The van der Waals surface area contributed by atoms with Crippen LogP contribution in [0.15, 0.2) is 64.7 Å². The summed E-state index contributed by atoms with van der Waals surface area (Å²) < 4.78 is 28.7. The van der Waals surface area contributed by atoms with Crippen LogP contribution < -0.4 is 5.56 Å². The number of nitrogens with zero attached hydrogens (tertiary/aromatic N) is 2. The molecule has 0 saturated heterocycles. The lowest BCUT2D eigenvalue weighted by Gasteiger charge is -2.14. The molecule has 132 valence electrons. The van der Waals surface area contributed by atoms with Crippen molar-refractivity contribution in [3.63, 3.8) is 0 Å². The van der Waals surface area contributed by atoms with Crippen LogP contribution in [0.25, 0.3) is 5.69 Å². The average Bonchev–Trinajstić information content (AvgIpc) is 2.59. The first-order valence-corrected chi connectivity index (χ1v) is 7.89. The Kier molecular flexibility index (Phi) is 4.67. The van der Waals surface area contributed by atoms with Crippen molar-refractivity contribution in [3.8, 4) is 5.69 Å². The largest absolute Gasteiger partial charge is 0.410 e. The minimum absolute atomic E-state index is 0.0689. The number of para-hydroxylation sites is 1. The number of hydrogen-bond acceptors (Lipinski definition) is 3. The van der Waals surface area contributed by atoms with E-state index in [1.165, 1.54) is 29.0 Å². The van der Waals surface area contributed by atoms with E-state index < -0.39 is 11.6 Å². The maximum absolute atomic E-state index is 14.1. The molecule has 0 saturated carbocycles. The highest BCUT2D eigenvalue weighted by molar-refractivity contribution is 6.12. The minimum atomic E-state index is -0.859. The summed E-state index contributed by atoms with van der Waals surface area (Å²) in [6.45, 7) is 3.75. The monoisotopic (exact) mass is 354 g/mol. The van der Waals surface area contributed by atoms with E-state index in [9.17, 15) is 18.8 Å². The van der Waals surface area contributed by atoms with E-state index in [1.54, 1.807) is 0 Å². The number of aromatic nitrogens is 1. The van der Waals surface area contributed by atoms with Crippen molar-refractivity contribution in [1.82, 2.24) is 4.57 Å². The van der Waals surface area contributed by atoms with Crippen LogP contribution in [0.3, 0.4) is 0 Å². The second kappa shape index (κ2) is 6.92. The molecule has 0 atom stereocenters. The minimum Gasteiger partial charge on any atom is -0.410 e. The molecule has 1 N–H and O–H groups in total. The van der Waals surface area contributed by atoms with Gasteiger partial charge in [-0.3, -0.25) is 9.36 Å². The summed E-state index contributed by atoms with van der Waals surface area (Å²) >= 11 is 0. The lowest BCUT2D eigenvalue weighted by atomic mass is 10.0. The Morgan fingerprint density at radius 3 is 2.35 bits per heavy atom. The van der Waals surface area contributed by atoms with Gasteiger partial charge in [0.05, 0.1) is 5.69 Å². The molecule has 0 aliphatic carbocycles. The molecule has 0 spiro atoms. The summed E-state index contributed by atoms with van der Waals surface area (Å²) in [6.07, 6.45) is 1.48. The van der Waals surface area contributed by atoms with Crippen molar-refractivity contribution in [2.45, 2.75) is 13.8 Å². The zero-order chi connectivity index (χ0) is 18.8.